The van der Waals surface area contributed by atoms with Gasteiger partial charge in [0.25, 0.3) is 5.91 Å². The van der Waals surface area contributed by atoms with Gasteiger partial charge in [0.2, 0.25) is 0 Å². The molecule has 1 aliphatic rings. The summed E-state index contributed by atoms with van der Waals surface area (Å²) in [5, 5.41) is 2.82. The van der Waals surface area contributed by atoms with Crippen LogP contribution in [0.2, 0.25) is 0 Å². The van der Waals surface area contributed by atoms with Crippen molar-refractivity contribution in [3.63, 3.8) is 0 Å². The van der Waals surface area contributed by atoms with E-state index in [1.807, 2.05) is 29.3 Å². The van der Waals surface area contributed by atoms with Crippen LogP contribution in [0.5, 0.6) is 5.75 Å². The van der Waals surface area contributed by atoms with Gasteiger partial charge < -0.3 is 15.2 Å². The van der Waals surface area contributed by atoms with E-state index in [4.69, 9.17) is 24.9 Å². The molecule has 1 heterocycles. The maximum atomic E-state index is 12.2. The molecule has 2 rings (SSSR count). The van der Waals surface area contributed by atoms with Crippen LogP contribution in [-0.2, 0) is 25.8 Å². The second kappa shape index (κ2) is 9.37. The Morgan fingerprint density at radius 1 is 1.35 bits per heavy atom. The van der Waals surface area contributed by atoms with Crippen molar-refractivity contribution in [1.29, 1.82) is 0 Å². The van der Waals surface area contributed by atoms with Gasteiger partial charge in [0.05, 0.1) is 20.3 Å². The maximum absolute atomic E-state index is 12.2. The number of ether oxygens (including phenoxy) is 2. The second-order valence-corrected chi connectivity index (χ2v) is 5.91. The van der Waals surface area contributed by atoms with Crippen molar-refractivity contribution in [2.75, 3.05) is 27.8 Å². The molecule has 9 nitrogen and oxygen atoms in total. The highest BCUT2D eigenvalue weighted by molar-refractivity contribution is 5.82. The lowest BCUT2D eigenvalue weighted by Crippen LogP contribution is -2.41. The Morgan fingerprint density at radius 3 is 2.62 bits per heavy atom. The quantitative estimate of drug-likeness (QED) is 0.686. The summed E-state index contributed by atoms with van der Waals surface area (Å²) in [7, 11) is 4.41. The summed E-state index contributed by atoms with van der Waals surface area (Å²) in [4.78, 5) is 34.0. The first-order chi connectivity index (χ1) is 12.4. The number of hydrogen-bond acceptors (Lipinski definition) is 7. The SMILES string of the molecule is COc1ccc(CN2CCC(C[C@H](OC(N)=O)C(=O)N(C)OC)O2)cc1. The van der Waals surface area contributed by atoms with Gasteiger partial charge in [-0.05, 0) is 24.1 Å². The topological polar surface area (TPSA) is 104 Å². The van der Waals surface area contributed by atoms with E-state index in [1.54, 1.807) is 7.11 Å². The lowest BCUT2D eigenvalue weighted by molar-refractivity contribution is -0.185. The molecule has 0 spiro atoms. The van der Waals surface area contributed by atoms with Crippen molar-refractivity contribution in [1.82, 2.24) is 10.1 Å². The molecule has 0 saturated carbocycles. The van der Waals surface area contributed by atoms with Crippen molar-refractivity contribution < 1.29 is 28.7 Å². The molecule has 1 unspecified atom stereocenters. The van der Waals surface area contributed by atoms with E-state index in [1.165, 1.54) is 14.2 Å². The van der Waals surface area contributed by atoms with E-state index >= 15 is 0 Å². The number of nitrogens with two attached hydrogens (primary N) is 1. The summed E-state index contributed by atoms with van der Waals surface area (Å²) in [6, 6.07) is 7.70. The number of hydroxylamine groups is 4. The molecule has 0 aliphatic carbocycles. The normalized spacial score (nSPS) is 18.3. The highest BCUT2D eigenvalue weighted by Crippen LogP contribution is 2.22. The van der Waals surface area contributed by atoms with Crippen LogP contribution >= 0.6 is 0 Å². The van der Waals surface area contributed by atoms with Gasteiger partial charge in [-0.2, -0.15) is 5.06 Å². The first-order valence-electron chi connectivity index (χ1n) is 8.25. The molecule has 144 valence electrons. The monoisotopic (exact) mass is 367 g/mol. The zero-order chi connectivity index (χ0) is 19.1. The number of benzene rings is 1. The molecule has 1 fully saturated rings. The summed E-state index contributed by atoms with van der Waals surface area (Å²) < 4.78 is 10.1. The Bertz CT molecular complexity index is 609. The van der Waals surface area contributed by atoms with E-state index in [2.05, 4.69) is 0 Å². The Morgan fingerprint density at radius 2 is 2.04 bits per heavy atom. The lowest BCUT2D eigenvalue weighted by Gasteiger charge is -2.23. The van der Waals surface area contributed by atoms with Crippen LogP contribution in [0.15, 0.2) is 24.3 Å². The molecule has 9 heteroatoms. The number of likely N-dealkylation sites (N-methyl/N-ethyl adjacent to an activating group) is 1. The fraction of sp³-hybridized carbons (Fsp3) is 0.529. The third-order valence-electron chi connectivity index (χ3n) is 4.11. The Balaban J connectivity index is 1.90. The molecule has 0 bridgehead atoms. The van der Waals surface area contributed by atoms with Gasteiger partial charge in [-0.1, -0.05) is 12.1 Å². The highest BCUT2D eigenvalue weighted by atomic mass is 16.7. The number of nitrogens with zero attached hydrogens (tertiary/aromatic N) is 2. The fourth-order valence-corrected chi connectivity index (χ4v) is 2.69. The standard InChI is InChI=1S/C17H25N3O6/c1-19(24-3)16(21)15(25-17(18)22)10-14-8-9-20(26-14)11-12-4-6-13(23-2)7-5-12/h4-7,14-15H,8-11H2,1-3H3,(H2,18,22)/t14?,15-/m0/s1. The van der Waals surface area contributed by atoms with E-state index < -0.39 is 18.1 Å². The second-order valence-electron chi connectivity index (χ2n) is 5.91. The van der Waals surface area contributed by atoms with Crippen molar-refractivity contribution in [2.45, 2.75) is 31.6 Å². The third-order valence-corrected chi connectivity index (χ3v) is 4.11. The predicted molar refractivity (Wildman–Crippen MR) is 91.7 cm³/mol. The van der Waals surface area contributed by atoms with Gasteiger partial charge in [-0.15, -0.1) is 0 Å². The van der Waals surface area contributed by atoms with Crippen LogP contribution in [-0.4, -0.2) is 62.1 Å². The van der Waals surface area contributed by atoms with Gasteiger partial charge in [0.1, 0.15) is 5.75 Å². The van der Waals surface area contributed by atoms with Crippen LogP contribution < -0.4 is 10.5 Å². The van der Waals surface area contributed by atoms with Gasteiger partial charge in [-0.3, -0.25) is 14.5 Å². The minimum absolute atomic E-state index is 0.203. The number of hydrogen-bond donors (Lipinski definition) is 1. The van der Waals surface area contributed by atoms with Crippen molar-refractivity contribution in [3.8, 4) is 5.75 Å². The zero-order valence-corrected chi connectivity index (χ0v) is 15.2. The smallest absolute Gasteiger partial charge is 0.405 e. The molecule has 1 saturated heterocycles. The average Bonchev–Trinajstić information content (AvgIpc) is 3.07. The van der Waals surface area contributed by atoms with Crippen LogP contribution in [0.25, 0.3) is 0 Å². The highest BCUT2D eigenvalue weighted by Gasteiger charge is 2.33. The fourth-order valence-electron chi connectivity index (χ4n) is 2.69. The van der Waals surface area contributed by atoms with Gasteiger partial charge >= 0.3 is 6.09 Å². The molecule has 2 N–H and O–H groups in total. The molecular weight excluding hydrogens is 342 g/mol. The van der Waals surface area contributed by atoms with Gasteiger partial charge in [0.15, 0.2) is 6.10 Å². The van der Waals surface area contributed by atoms with E-state index in [-0.39, 0.29) is 12.5 Å². The number of primary amides is 1. The average molecular weight is 367 g/mol. The first-order valence-corrected chi connectivity index (χ1v) is 8.25. The van der Waals surface area contributed by atoms with Crippen LogP contribution in [0, 0.1) is 0 Å². The largest absolute Gasteiger partial charge is 0.497 e. The molecular formula is C17H25N3O6. The number of methoxy groups -OCH3 is 1. The van der Waals surface area contributed by atoms with E-state index in [9.17, 15) is 9.59 Å². The number of amides is 2. The minimum Gasteiger partial charge on any atom is -0.497 e. The molecule has 26 heavy (non-hydrogen) atoms. The molecule has 2 atom stereocenters. The molecule has 1 aromatic carbocycles. The van der Waals surface area contributed by atoms with Crippen LogP contribution in [0.4, 0.5) is 4.79 Å². The van der Waals surface area contributed by atoms with Gasteiger partial charge in [-0.25, -0.2) is 9.86 Å². The zero-order valence-electron chi connectivity index (χ0n) is 15.2. The molecule has 0 radical (unpaired) electrons. The van der Waals surface area contributed by atoms with Crippen molar-refractivity contribution in [3.05, 3.63) is 29.8 Å². The molecule has 0 aromatic heterocycles. The summed E-state index contributed by atoms with van der Waals surface area (Å²) in [5.74, 6) is 0.296. The minimum atomic E-state index is -1.05. The predicted octanol–water partition coefficient (Wildman–Crippen LogP) is 1.07. The maximum Gasteiger partial charge on any atom is 0.405 e. The number of carbonyl (C=O) groups excluding carboxylic acids is 2. The number of rotatable bonds is 8. The molecule has 2 amide bonds. The lowest BCUT2D eigenvalue weighted by atomic mass is 10.1. The molecule has 1 aromatic rings. The van der Waals surface area contributed by atoms with Crippen molar-refractivity contribution in [2.24, 2.45) is 5.73 Å². The summed E-state index contributed by atoms with van der Waals surface area (Å²) in [6.07, 6.45) is -1.41. The Kier molecular flexibility index (Phi) is 7.19. The molecule has 1 aliphatic heterocycles. The van der Waals surface area contributed by atoms with Gasteiger partial charge in [0, 0.05) is 26.6 Å². The summed E-state index contributed by atoms with van der Waals surface area (Å²) in [6.45, 7) is 1.31. The summed E-state index contributed by atoms with van der Waals surface area (Å²) >= 11 is 0. The van der Waals surface area contributed by atoms with Crippen LogP contribution in [0.1, 0.15) is 18.4 Å². The Hall–Kier alpha value is -2.36. The first kappa shape index (κ1) is 20.0. The van der Waals surface area contributed by atoms with E-state index in [0.29, 0.717) is 19.5 Å². The van der Waals surface area contributed by atoms with E-state index in [0.717, 1.165) is 16.4 Å². The number of carbonyl (C=O) groups is 2. The van der Waals surface area contributed by atoms with Crippen molar-refractivity contribution >= 4 is 12.0 Å². The third kappa shape index (κ3) is 5.58. The van der Waals surface area contributed by atoms with Crippen LogP contribution in [0.3, 0.4) is 0 Å². The summed E-state index contributed by atoms with van der Waals surface area (Å²) in [5.41, 5.74) is 6.14. The Labute approximate surface area is 152 Å².